The van der Waals surface area contributed by atoms with Gasteiger partial charge >= 0.3 is 0 Å². The molecule has 7 aromatic rings. The van der Waals surface area contributed by atoms with Crippen molar-refractivity contribution in [2.24, 2.45) is 0 Å². The van der Waals surface area contributed by atoms with Crippen LogP contribution in [0.15, 0.2) is 127 Å². The van der Waals surface area contributed by atoms with E-state index in [0.29, 0.717) is 5.75 Å². The molecule has 0 unspecified atom stereocenters. The Morgan fingerprint density at radius 1 is 0.343 bits per heavy atom. The summed E-state index contributed by atoms with van der Waals surface area (Å²) in [4.78, 5) is 0. The molecule has 0 aliphatic carbocycles. The van der Waals surface area contributed by atoms with Gasteiger partial charge in [-0.05, 0) is 102 Å². The summed E-state index contributed by atoms with van der Waals surface area (Å²) in [5.74, 6) is 0.293. The first-order valence-corrected chi connectivity index (χ1v) is 11.9. The number of aromatic hydroxyl groups is 1. The van der Waals surface area contributed by atoms with Crippen LogP contribution in [0.25, 0.3) is 65.3 Å². The van der Waals surface area contributed by atoms with Crippen LogP contribution in [0.2, 0.25) is 0 Å². The Morgan fingerprint density at radius 2 is 0.800 bits per heavy atom. The normalized spacial score (nSPS) is 11.5. The topological polar surface area (TPSA) is 20.2 Å². The maximum atomic E-state index is 11.0. The highest BCUT2D eigenvalue weighted by atomic mass is 16.3. The van der Waals surface area contributed by atoms with E-state index in [2.05, 4.69) is 115 Å². The number of phenols is 1. The van der Waals surface area contributed by atoms with Gasteiger partial charge in [-0.3, -0.25) is 0 Å². The Morgan fingerprint density at radius 3 is 1.37 bits per heavy atom. The minimum atomic E-state index is 0.293. The average molecular weight is 447 g/mol. The van der Waals surface area contributed by atoms with Gasteiger partial charge in [-0.1, -0.05) is 84.9 Å². The molecule has 0 saturated heterocycles. The summed E-state index contributed by atoms with van der Waals surface area (Å²) < 4.78 is 0. The van der Waals surface area contributed by atoms with E-state index in [9.17, 15) is 5.11 Å². The number of rotatable bonds is 2. The lowest BCUT2D eigenvalue weighted by Gasteiger charge is -2.14. The van der Waals surface area contributed by atoms with Gasteiger partial charge in [0.25, 0.3) is 0 Å². The maximum Gasteiger partial charge on any atom is 0.124 e. The lowest BCUT2D eigenvalue weighted by atomic mass is 9.90. The molecule has 0 saturated carbocycles. The van der Waals surface area contributed by atoms with Crippen LogP contribution in [0.3, 0.4) is 0 Å². The highest BCUT2D eigenvalue weighted by Gasteiger charge is 2.14. The Hall–Kier alpha value is -4.62. The number of hydrogen-bond donors (Lipinski definition) is 1. The van der Waals surface area contributed by atoms with Crippen molar-refractivity contribution in [3.8, 4) is 28.0 Å². The van der Waals surface area contributed by atoms with Gasteiger partial charge in [0.2, 0.25) is 0 Å². The van der Waals surface area contributed by atoms with Gasteiger partial charge in [-0.15, -0.1) is 0 Å². The molecule has 7 aromatic carbocycles. The van der Waals surface area contributed by atoms with Gasteiger partial charge in [0.1, 0.15) is 5.75 Å². The predicted octanol–water partition coefficient (Wildman–Crippen LogP) is 9.34. The third-order valence-electron chi connectivity index (χ3n) is 7.05. The largest absolute Gasteiger partial charge is 0.507 e. The first kappa shape index (κ1) is 19.8. The Labute approximate surface area is 203 Å². The minimum absolute atomic E-state index is 0.293. The minimum Gasteiger partial charge on any atom is -0.507 e. The highest BCUT2D eigenvalue weighted by molar-refractivity contribution is 6.03. The van der Waals surface area contributed by atoms with Crippen LogP contribution < -0.4 is 0 Å². The van der Waals surface area contributed by atoms with E-state index in [-0.39, 0.29) is 0 Å². The van der Waals surface area contributed by atoms with Crippen molar-refractivity contribution >= 4 is 43.1 Å². The molecule has 1 N–H and O–H groups in total. The zero-order valence-electron chi connectivity index (χ0n) is 19.1. The van der Waals surface area contributed by atoms with E-state index >= 15 is 0 Å². The highest BCUT2D eigenvalue weighted by Crippen LogP contribution is 2.41. The molecule has 7 rings (SSSR count). The SMILES string of the molecule is Oc1cccc(-c2ccc3cc4ccccc4cc3c2)c1-c1ccc2cc3ccccc3cc2c1. The van der Waals surface area contributed by atoms with E-state index in [0.717, 1.165) is 22.3 Å². The second-order valence-electron chi connectivity index (χ2n) is 9.22. The van der Waals surface area contributed by atoms with Crippen LogP contribution in [-0.2, 0) is 0 Å². The van der Waals surface area contributed by atoms with Gasteiger partial charge < -0.3 is 5.11 Å². The third kappa shape index (κ3) is 3.33. The van der Waals surface area contributed by atoms with Crippen molar-refractivity contribution in [2.45, 2.75) is 0 Å². The molecule has 35 heavy (non-hydrogen) atoms. The quantitative estimate of drug-likeness (QED) is 0.262. The van der Waals surface area contributed by atoms with Gasteiger partial charge in [0.05, 0.1) is 0 Å². The summed E-state index contributed by atoms with van der Waals surface area (Å²) in [5, 5.41) is 20.7. The van der Waals surface area contributed by atoms with Crippen molar-refractivity contribution in [1.29, 1.82) is 0 Å². The summed E-state index contributed by atoms with van der Waals surface area (Å²) in [6, 6.07) is 44.7. The molecule has 164 valence electrons. The molecule has 0 atom stereocenters. The lowest BCUT2D eigenvalue weighted by Crippen LogP contribution is -1.88. The average Bonchev–Trinajstić information content (AvgIpc) is 2.90. The molecule has 0 spiro atoms. The Bertz CT molecular complexity index is 1910. The first-order valence-electron chi connectivity index (χ1n) is 11.9. The second kappa shape index (κ2) is 7.72. The molecular weight excluding hydrogens is 424 g/mol. The number of fused-ring (bicyclic) bond motifs is 4. The number of hydrogen-bond acceptors (Lipinski definition) is 1. The fraction of sp³-hybridized carbons (Fsp3) is 0. The van der Waals surface area contributed by atoms with Crippen LogP contribution in [0.1, 0.15) is 0 Å². The van der Waals surface area contributed by atoms with Crippen LogP contribution in [0, 0.1) is 0 Å². The summed E-state index contributed by atoms with van der Waals surface area (Å²) in [6.07, 6.45) is 0. The fourth-order valence-corrected chi connectivity index (χ4v) is 5.29. The van der Waals surface area contributed by atoms with Gasteiger partial charge in [-0.25, -0.2) is 0 Å². The maximum absolute atomic E-state index is 11.0. The van der Waals surface area contributed by atoms with Gasteiger partial charge in [0.15, 0.2) is 0 Å². The second-order valence-corrected chi connectivity index (χ2v) is 9.22. The van der Waals surface area contributed by atoms with Crippen LogP contribution in [-0.4, -0.2) is 5.11 Å². The lowest BCUT2D eigenvalue weighted by molar-refractivity contribution is 0.477. The molecule has 0 fully saturated rings. The number of benzene rings is 7. The summed E-state index contributed by atoms with van der Waals surface area (Å²) in [5.41, 5.74) is 4.00. The van der Waals surface area contributed by atoms with Crippen LogP contribution in [0.5, 0.6) is 5.75 Å². The zero-order valence-corrected chi connectivity index (χ0v) is 19.1. The van der Waals surface area contributed by atoms with E-state index in [4.69, 9.17) is 0 Å². The molecule has 1 nitrogen and oxygen atoms in total. The molecule has 0 heterocycles. The molecule has 0 radical (unpaired) electrons. The van der Waals surface area contributed by atoms with Crippen molar-refractivity contribution in [2.75, 3.05) is 0 Å². The third-order valence-corrected chi connectivity index (χ3v) is 7.05. The smallest absolute Gasteiger partial charge is 0.124 e. The molecule has 0 aromatic heterocycles. The van der Waals surface area contributed by atoms with Gasteiger partial charge in [-0.2, -0.15) is 0 Å². The summed E-state index contributed by atoms with van der Waals surface area (Å²) in [6.45, 7) is 0. The van der Waals surface area contributed by atoms with Crippen molar-refractivity contribution < 1.29 is 5.11 Å². The Balaban J connectivity index is 1.42. The van der Waals surface area contributed by atoms with E-state index in [1.165, 1.54) is 43.1 Å². The molecule has 0 aliphatic heterocycles. The molecule has 0 amide bonds. The van der Waals surface area contributed by atoms with E-state index in [1.54, 1.807) is 6.07 Å². The van der Waals surface area contributed by atoms with Crippen LogP contribution in [0.4, 0.5) is 0 Å². The van der Waals surface area contributed by atoms with Crippen molar-refractivity contribution in [1.82, 2.24) is 0 Å². The van der Waals surface area contributed by atoms with Gasteiger partial charge in [0, 0.05) is 5.56 Å². The fourth-order valence-electron chi connectivity index (χ4n) is 5.29. The Kier molecular flexibility index (Phi) is 4.37. The zero-order chi connectivity index (χ0) is 23.4. The molecule has 1 heteroatoms. The van der Waals surface area contributed by atoms with E-state index in [1.807, 2.05) is 6.07 Å². The van der Waals surface area contributed by atoms with E-state index < -0.39 is 0 Å². The van der Waals surface area contributed by atoms with Crippen molar-refractivity contribution in [3.05, 3.63) is 127 Å². The first-order chi connectivity index (χ1) is 17.2. The molecule has 0 aliphatic rings. The number of phenolic OH excluding ortho intramolecular Hbond substituents is 1. The predicted molar refractivity (Wildman–Crippen MR) is 149 cm³/mol. The summed E-state index contributed by atoms with van der Waals surface area (Å²) >= 11 is 0. The monoisotopic (exact) mass is 446 g/mol. The standard InChI is InChI=1S/C34H22O/c35-33-11-5-10-32(28-14-12-26-16-22-6-1-3-8-24(22)18-30(26)20-28)34(33)29-15-13-27-17-23-7-2-4-9-25(23)19-31(27)21-29/h1-21,35H. The molecular formula is C34H22O. The van der Waals surface area contributed by atoms with Crippen molar-refractivity contribution in [3.63, 3.8) is 0 Å². The van der Waals surface area contributed by atoms with Crippen LogP contribution >= 0.6 is 0 Å². The molecule has 0 bridgehead atoms. The summed E-state index contributed by atoms with van der Waals surface area (Å²) in [7, 11) is 0.